The van der Waals surface area contributed by atoms with E-state index in [1.54, 1.807) is 4.90 Å². The number of ether oxygens (including phenoxy) is 1. The van der Waals surface area contributed by atoms with Crippen LogP contribution in [0.5, 0.6) is 0 Å². The second-order valence-electron chi connectivity index (χ2n) is 7.23. The van der Waals surface area contributed by atoms with E-state index in [9.17, 15) is 10.1 Å². The number of hydrogen-bond donors (Lipinski definition) is 1. The molecule has 0 fully saturated rings. The van der Waals surface area contributed by atoms with Gasteiger partial charge in [-0.05, 0) is 58.1 Å². The van der Waals surface area contributed by atoms with Crippen LogP contribution in [0.4, 0.5) is 4.79 Å². The SMILES string of the molecule is CCCC/C(NC)=C(/C#N)C1=C(C)CN(C(=O)OC(C)(C)C)CC1. The van der Waals surface area contributed by atoms with Crippen LogP contribution in [-0.4, -0.2) is 36.7 Å². The number of nitrogens with one attached hydrogen (secondary N) is 1. The maximum Gasteiger partial charge on any atom is 0.410 e. The Bertz CT molecular complexity index is 562. The van der Waals surface area contributed by atoms with Crippen LogP contribution in [0, 0.1) is 11.3 Å². The molecule has 0 aromatic heterocycles. The van der Waals surface area contributed by atoms with E-state index in [0.717, 1.165) is 41.7 Å². The molecule has 5 heteroatoms. The maximum absolute atomic E-state index is 12.2. The number of unbranched alkanes of at least 4 members (excludes halogenated alkanes) is 1. The van der Waals surface area contributed by atoms with Crippen LogP contribution >= 0.6 is 0 Å². The third-order valence-electron chi connectivity index (χ3n) is 4.02. The summed E-state index contributed by atoms with van der Waals surface area (Å²) in [5, 5.41) is 12.8. The van der Waals surface area contributed by atoms with Crippen molar-refractivity contribution in [1.29, 1.82) is 5.26 Å². The third kappa shape index (κ3) is 5.59. The molecule has 24 heavy (non-hydrogen) atoms. The minimum absolute atomic E-state index is 0.289. The fraction of sp³-hybridized carbons (Fsp3) is 0.684. The van der Waals surface area contributed by atoms with Crippen LogP contribution in [-0.2, 0) is 4.74 Å². The van der Waals surface area contributed by atoms with Crippen molar-refractivity contribution in [2.45, 2.75) is 65.9 Å². The highest BCUT2D eigenvalue weighted by molar-refractivity contribution is 5.69. The zero-order valence-corrected chi connectivity index (χ0v) is 16.0. The number of allylic oxidation sites excluding steroid dienone is 2. The van der Waals surface area contributed by atoms with Crippen LogP contribution in [0.1, 0.15) is 60.3 Å². The van der Waals surface area contributed by atoms with Crippen LogP contribution < -0.4 is 5.32 Å². The van der Waals surface area contributed by atoms with Gasteiger partial charge in [-0.1, -0.05) is 13.3 Å². The number of carbonyl (C=O) groups is 1. The first-order chi connectivity index (χ1) is 11.2. The molecule has 0 bridgehead atoms. The van der Waals surface area contributed by atoms with E-state index < -0.39 is 5.60 Å². The molecule has 0 unspecified atom stereocenters. The zero-order valence-electron chi connectivity index (χ0n) is 16.0. The smallest absolute Gasteiger partial charge is 0.410 e. The number of nitriles is 1. The molecular weight excluding hydrogens is 302 g/mol. The van der Waals surface area contributed by atoms with Gasteiger partial charge in [0.2, 0.25) is 0 Å². The molecule has 0 saturated carbocycles. The van der Waals surface area contributed by atoms with Crippen LogP contribution in [0.15, 0.2) is 22.4 Å². The molecular formula is C19H31N3O2. The second-order valence-corrected chi connectivity index (χ2v) is 7.23. The van der Waals surface area contributed by atoms with Gasteiger partial charge in [0.05, 0.1) is 5.57 Å². The lowest BCUT2D eigenvalue weighted by molar-refractivity contribution is 0.0260. The zero-order chi connectivity index (χ0) is 18.3. The summed E-state index contributed by atoms with van der Waals surface area (Å²) < 4.78 is 5.44. The lowest BCUT2D eigenvalue weighted by Crippen LogP contribution is -2.40. The van der Waals surface area contributed by atoms with Crippen molar-refractivity contribution in [2.75, 3.05) is 20.1 Å². The molecule has 1 amide bonds. The monoisotopic (exact) mass is 333 g/mol. The minimum atomic E-state index is -0.494. The Labute approximate surface area is 146 Å². The van der Waals surface area contributed by atoms with Crippen molar-refractivity contribution < 1.29 is 9.53 Å². The molecule has 0 atom stereocenters. The molecule has 0 spiro atoms. The largest absolute Gasteiger partial charge is 0.444 e. The van der Waals surface area contributed by atoms with Crippen molar-refractivity contribution in [1.82, 2.24) is 10.2 Å². The van der Waals surface area contributed by atoms with E-state index in [2.05, 4.69) is 18.3 Å². The van der Waals surface area contributed by atoms with Crippen molar-refractivity contribution in [2.24, 2.45) is 0 Å². The Morgan fingerprint density at radius 2 is 2.08 bits per heavy atom. The van der Waals surface area contributed by atoms with E-state index in [1.165, 1.54) is 0 Å². The molecule has 1 aliphatic rings. The van der Waals surface area contributed by atoms with Crippen molar-refractivity contribution in [3.63, 3.8) is 0 Å². The molecule has 0 saturated heterocycles. The lowest BCUT2D eigenvalue weighted by atomic mass is 9.92. The standard InChI is InChI=1S/C19H31N3O2/c1-7-8-9-17(21-6)16(12-20)15-10-11-22(13-14(15)2)18(23)24-19(3,4)5/h21H,7-11,13H2,1-6H3/b17-16+. The molecule has 1 aliphatic heterocycles. The minimum Gasteiger partial charge on any atom is -0.444 e. The predicted octanol–water partition coefficient (Wildman–Crippen LogP) is 4.13. The van der Waals surface area contributed by atoms with Gasteiger partial charge in [0.25, 0.3) is 0 Å². The first-order valence-corrected chi connectivity index (χ1v) is 8.71. The molecule has 1 heterocycles. The summed E-state index contributed by atoms with van der Waals surface area (Å²) in [6.45, 7) is 10.8. The third-order valence-corrected chi connectivity index (χ3v) is 4.02. The van der Waals surface area contributed by atoms with Gasteiger partial charge in [0.1, 0.15) is 11.7 Å². The van der Waals surface area contributed by atoms with Gasteiger partial charge in [-0.2, -0.15) is 5.26 Å². The van der Waals surface area contributed by atoms with Crippen LogP contribution in [0.3, 0.4) is 0 Å². The van der Waals surface area contributed by atoms with E-state index in [1.807, 2.05) is 34.7 Å². The summed E-state index contributed by atoms with van der Waals surface area (Å²) in [6, 6.07) is 2.37. The Kier molecular flexibility index (Phi) is 7.34. The van der Waals surface area contributed by atoms with Crippen LogP contribution in [0.2, 0.25) is 0 Å². The van der Waals surface area contributed by atoms with Gasteiger partial charge in [0.15, 0.2) is 0 Å². The number of rotatable bonds is 5. The lowest BCUT2D eigenvalue weighted by Gasteiger charge is -2.32. The highest BCUT2D eigenvalue weighted by Gasteiger charge is 2.27. The first-order valence-electron chi connectivity index (χ1n) is 8.71. The number of carbonyl (C=O) groups excluding carboxylic acids is 1. The fourth-order valence-electron chi connectivity index (χ4n) is 2.79. The average molecular weight is 333 g/mol. The summed E-state index contributed by atoms with van der Waals surface area (Å²) in [5.41, 5.74) is 3.38. The molecule has 5 nitrogen and oxygen atoms in total. The van der Waals surface area contributed by atoms with E-state index in [4.69, 9.17) is 4.74 Å². The quantitative estimate of drug-likeness (QED) is 0.768. The first kappa shape index (κ1) is 20.1. The van der Waals surface area contributed by atoms with Crippen LogP contribution in [0.25, 0.3) is 0 Å². The van der Waals surface area contributed by atoms with E-state index in [0.29, 0.717) is 19.5 Å². The van der Waals surface area contributed by atoms with Gasteiger partial charge in [-0.25, -0.2) is 4.79 Å². The topological polar surface area (TPSA) is 65.4 Å². The summed E-state index contributed by atoms with van der Waals surface area (Å²) in [4.78, 5) is 13.9. The molecule has 1 N–H and O–H groups in total. The molecule has 1 rings (SSSR count). The van der Waals surface area contributed by atoms with E-state index >= 15 is 0 Å². The molecule has 0 aliphatic carbocycles. The Morgan fingerprint density at radius 3 is 2.54 bits per heavy atom. The predicted molar refractivity (Wildman–Crippen MR) is 96.3 cm³/mol. The summed E-state index contributed by atoms with van der Waals surface area (Å²) in [5.74, 6) is 0. The maximum atomic E-state index is 12.2. The Hall–Kier alpha value is -1.96. The Morgan fingerprint density at radius 1 is 1.42 bits per heavy atom. The molecule has 134 valence electrons. The number of nitrogens with zero attached hydrogens (tertiary/aromatic N) is 2. The van der Waals surface area contributed by atoms with Gasteiger partial charge in [-0.15, -0.1) is 0 Å². The number of hydrogen-bond acceptors (Lipinski definition) is 4. The number of amides is 1. The van der Waals surface area contributed by atoms with Gasteiger partial charge in [0, 0.05) is 25.8 Å². The molecule has 0 aromatic rings. The average Bonchev–Trinajstić information content (AvgIpc) is 2.50. The van der Waals surface area contributed by atoms with Crippen molar-refractivity contribution in [3.05, 3.63) is 22.4 Å². The van der Waals surface area contributed by atoms with Gasteiger partial charge < -0.3 is 15.0 Å². The Balaban J connectivity index is 2.98. The van der Waals surface area contributed by atoms with E-state index in [-0.39, 0.29) is 6.09 Å². The highest BCUT2D eigenvalue weighted by atomic mass is 16.6. The van der Waals surface area contributed by atoms with Gasteiger partial charge in [-0.3, -0.25) is 0 Å². The fourth-order valence-corrected chi connectivity index (χ4v) is 2.79. The second kappa shape index (κ2) is 8.77. The molecule has 0 radical (unpaired) electrons. The summed E-state index contributed by atoms with van der Waals surface area (Å²) in [6.07, 6.45) is 3.42. The normalized spacial score (nSPS) is 16.5. The van der Waals surface area contributed by atoms with Gasteiger partial charge >= 0.3 is 6.09 Å². The molecule has 0 aromatic carbocycles. The summed E-state index contributed by atoms with van der Waals surface area (Å²) >= 11 is 0. The van der Waals surface area contributed by atoms with Crippen molar-refractivity contribution >= 4 is 6.09 Å². The van der Waals surface area contributed by atoms with Crippen molar-refractivity contribution in [3.8, 4) is 6.07 Å². The summed E-state index contributed by atoms with van der Waals surface area (Å²) in [7, 11) is 1.87. The highest BCUT2D eigenvalue weighted by Crippen LogP contribution is 2.28.